The first-order valence-corrected chi connectivity index (χ1v) is 7.11. The van der Waals surface area contributed by atoms with Crippen LogP contribution in [-0.4, -0.2) is 18.0 Å². The van der Waals surface area contributed by atoms with Gasteiger partial charge in [-0.25, -0.2) is 4.39 Å². The molecular formula is C16H25FN2. The average Bonchev–Trinajstić information content (AvgIpc) is 2.32. The molecule has 19 heavy (non-hydrogen) atoms. The van der Waals surface area contributed by atoms with Gasteiger partial charge in [-0.15, -0.1) is 0 Å². The van der Waals surface area contributed by atoms with Crippen molar-refractivity contribution in [2.45, 2.75) is 52.1 Å². The van der Waals surface area contributed by atoms with Crippen molar-refractivity contribution in [1.29, 1.82) is 0 Å². The first-order chi connectivity index (χ1) is 8.87. The Morgan fingerprint density at radius 3 is 2.53 bits per heavy atom. The molecule has 1 aromatic carbocycles. The minimum Gasteiger partial charge on any atom is -0.399 e. The van der Waals surface area contributed by atoms with Crippen LogP contribution in [0.4, 0.5) is 10.1 Å². The van der Waals surface area contributed by atoms with Crippen LogP contribution in [0.25, 0.3) is 0 Å². The number of nitrogens with two attached hydrogens (primary N) is 1. The summed E-state index contributed by atoms with van der Waals surface area (Å²) in [4.78, 5) is 2.28. The summed E-state index contributed by atoms with van der Waals surface area (Å²) in [6.45, 7) is 5.34. The van der Waals surface area contributed by atoms with Crippen molar-refractivity contribution in [1.82, 2.24) is 4.90 Å². The average molecular weight is 264 g/mol. The van der Waals surface area contributed by atoms with E-state index < -0.39 is 0 Å². The van der Waals surface area contributed by atoms with Gasteiger partial charge in [0.25, 0.3) is 0 Å². The zero-order valence-corrected chi connectivity index (χ0v) is 12.2. The van der Waals surface area contributed by atoms with Crippen LogP contribution in [0.2, 0.25) is 0 Å². The van der Waals surface area contributed by atoms with E-state index in [4.69, 9.17) is 5.73 Å². The van der Waals surface area contributed by atoms with Crippen molar-refractivity contribution in [2.75, 3.05) is 12.8 Å². The lowest BCUT2D eigenvalue weighted by Gasteiger charge is -2.38. The molecule has 1 fully saturated rings. The van der Waals surface area contributed by atoms with E-state index in [1.165, 1.54) is 31.7 Å². The molecular weight excluding hydrogens is 239 g/mol. The van der Waals surface area contributed by atoms with Crippen LogP contribution < -0.4 is 5.73 Å². The number of nitrogens with zero attached hydrogens (tertiary/aromatic N) is 1. The number of benzene rings is 1. The highest BCUT2D eigenvalue weighted by atomic mass is 19.1. The van der Waals surface area contributed by atoms with Gasteiger partial charge in [0.1, 0.15) is 5.82 Å². The Morgan fingerprint density at radius 1 is 1.32 bits per heavy atom. The van der Waals surface area contributed by atoms with E-state index in [9.17, 15) is 4.39 Å². The molecule has 1 aromatic rings. The van der Waals surface area contributed by atoms with Crippen LogP contribution in [0.3, 0.4) is 0 Å². The van der Waals surface area contributed by atoms with Crippen LogP contribution >= 0.6 is 0 Å². The minimum absolute atomic E-state index is 0.192. The Kier molecular flexibility index (Phi) is 4.14. The third kappa shape index (κ3) is 3.69. The molecule has 1 saturated carbocycles. The first-order valence-electron chi connectivity index (χ1n) is 7.11. The predicted molar refractivity (Wildman–Crippen MR) is 78.3 cm³/mol. The van der Waals surface area contributed by atoms with Gasteiger partial charge in [0.05, 0.1) is 0 Å². The predicted octanol–water partition coefficient (Wildman–Crippen LogP) is 3.81. The number of anilines is 1. The summed E-state index contributed by atoms with van der Waals surface area (Å²) in [7, 11) is 2.10. The van der Waals surface area contributed by atoms with Crippen molar-refractivity contribution < 1.29 is 4.39 Å². The highest BCUT2D eigenvalue weighted by molar-refractivity contribution is 5.40. The molecule has 0 amide bonds. The van der Waals surface area contributed by atoms with Crippen LogP contribution in [-0.2, 0) is 6.54 Å². The second-order valence-electron chi connectivity index (χ2n) is 6.66. The Labute approximate surface area is 115 Å². The molecule has 0 bridgehead atoms. The summed E-state index contributed by atoms with van der Waals surface area (Å²) in [6, 6.07) is 5.56. The topological polar surface area (TPSA) is 29.3 Å². The summed E-state index contributed by atoms with van der Waals surface area (Å²) in [5.74, 6) is -0.192. The van der Waals surface area contributed by atoms with Crippen LogP contribution in [0.1, 0.15) is 45.1 Å². The third-order valence-corrected chi connectivity index (χ3v) is 4.43. The van der Waals surface area contributed by atoms with Crippen LogP contribution in [0.5, 0.6) is 0 Å². The second kappa shape index (κ2) is 5.49. The summed E-state index contributed by atoms with van der Waals surface area (Å²) >= 11 is 0. The number of hydrogen-bond acceptors (Lipinski definition) is 2. The van der Waals surface area contributed by atoms with Gasteiger partial charge in [-0.1, -0.05) is 19.9 Å². The maximum absolute atomic E-state index is 13.8. The molecule has 106 valence electrons. The van der Waals surface area contributed by atoms with E-state index in [1.807, 2.05) is 0 Å². The van der Waals surface area contributed by atoms with Gasteiger partial charge >= 0.3 is 0 Å². The molecule has 3 heteroatoms. The number of hydrogen-bond donors (Lipinski definition) is 1. The summed E-state index contributed by atoms with van der Waals surface area (Å²) in [5.41, 5.74) is 7.28. The molecule has 0 heterocycles. The van der Waals surface area contributed by atoms with Gasteiger partial charge in [-0.05, 0) is 50.3 Å². The quantitative estimate of drug-likeness (QED) is 0.841. The molecule has 0 aromatic heterocycles. The highest BCUT2D eigenvalue weighted by Gasteiger charge is 2.28. The molecule has 2 N–H and O–H groups in total. The lowest BCUT2D eigenvalue weighted by molar-refractivity contribution is 0.122. The van der Waals surface area contributed by atoms with Crippen molar-refractivity contribution in [3.8, 4) is 0 Å². The molecule has 0 unspecified atom stereocenters. The molecule has 2 rings (SSSR count). The highest BCUT2D eigenvalue weighted by Crippen LogP contribution is 2.36. The van der Waals surface area contributed by atoms with Gasteiger partial charge in [-0.3, -0.25) is 4.90 Å². The fourth-order valence-electron chi connectivity index (χ4n) is 2.91. The molecule has 0 atom stereocenters. The standard InChI is InChI=1S/C16H25FN2/c1-16(2)8-6-14(7-9-16)19(3)11-12-4-5-13(18)10-15(12)17/h4-5,10,14H,6-9,11,18H2,1-3H3. The summed E-state index contributed by atoms with van der Waals surface area (Å²) in [6.07, 6.45) is 4.93. The summed E-state index contributed by atoms with van der Waals surface area (Å²) < 4.78 is 13.8. The van der Waals surface area contributed by atoms with Crippen molar-refractivity contribution in [3.05, 3.63) is 29.6 Å². The monoisotopic (exact) mass is 264 g/mol. The minimum atomic E-state index is -0.192. The molecule has 2 nitrogen and oxygen atoms in total. The fraction of sp³-hybridized carbons (Fsp3) is 0.625. The molecule has 1 aliphatic rings. The Balaban J connectivity index is 1.96. The van der Waals surface area contributed by atoms with E-state index in [2.05, 4.69) is 25.8 Å². The maximum Gasteiger partial charge on any atom is 0.129 e. The zero-order chi connectivity index (χ0) is 14.0. The first kappa shape index (κ1) is 14.3. The Hall–Kier alpha value is -1.09. The summed E-state index contributed by atoms with van der Waals surface area (Å²) in [5, 5.41) is 0. The number of nitrogen functional groups attached to an aromatic ring is 1. The van der Waals surface area contributed by atoms with Gasteiger partial charge in [0, 0.05) is 23.8 Å². The molecule has 1 aliphatic carbocycles. The van der Waals surface area contributed by atoms with Crippen molar-refractivity contribution >= 4 is 5.69 Å². The fourth-order valence-corrected chi connectivity index (χ4v) is 2.91. The van der Waals surface area contributed by atoms with E-state index in [0.29, 0.717) is 23.7 Å². The van der Waals surface area contributed by atoms with Gasteiger partial charge in [-0.2, -0.15) is 0 Å². The lowest BCUT2D eigenvalue weighted by atomic mass is 9.75. The largest absolute Gasteiger partial charge is 0.399 e. The van der Waals surface area contributed by atoms with Gasteiger partial charge in [0.2, 0.25) is 0 Å². The van der Waals surface area contributed by atoms with E-state index in [-0.39, 0.29) is 5.82 Å². The lowest BCUT2D eigenvalue weighted by Crippen LogP contribution is -2.36. The Bertz CT molecular complexity index is 432. The van der Waals surface area contributed by atoms with Crippen molar-refractivity contribution in [2.24, 2.45) is 5.41 Å². The van der Waals surface area contributed by atoms with Gasteiger partial charge < -0.3 is 5.73 Å². The molecule has 0 aliphatic heterocycles. The number of halogens is 1. The smallest absolute Gasteiger partial charge is 0.129 e. The van der Waals surface area contributed by atoms with Crippen LogP contribution in [0.15, 0.2) is 18.2 Å². The van der Waals surface area contributed by atoms with E-state index in [1.54, 1.807) is 12.1 Å². The molecule has 0 saturated heterocycles. The normalized spacial score (nSPS) is 19.8. The number of rotatable bonds is 3. The zero-order valence-electron chi connectivity index (χ0n) is 12.2. The SMILES string of the molecule is CN(Cc1ccc(N)cc1F)C1CCC(C)(C)CC1. The van der Waals surface area contributed by atoms with Crippen LogP contribution in [0, 0.1) is 11.2 Å². The third-order valence-electron chi connectivity index (χ3n) is 4.43. The van der Waals surface area contributed by atoms with E-state index in [0.717, 1.165) is 5.56 Å². The van der Waals surface area contributed by atoms with Crippen molar-refractivity contribution in [3.63, 3.8) is 0 Å². The Morgan fingerprint density at radius 2 is 1.95 bits per heavy atom. The molecule has 0 spiro atoms. The maximum atomic E-state index is 13.8. The van der Waals surface area contributed by atoms with Gasteiger partial charge in [0.15, 0.2) is 0 Å². The second-order valence-corrected chi connectivity index (χ2v) is 6.66. The molecule has 0 radical (unpaired) electrons. The van der Waals surface area contributed by atoms with E-state index >= 15 is 0 Å².